The summed E-state index contributed by atoms with van der Waals surface area (Å²) in [6.45, 7) is 7.86. The molecule has 4 heterocycles. The van der Waals surface area contributed by atoms with Gasteiger partial charge in [-0.2, -0.15) is 0 Å². The van der Waals surface area contributed by atoms with E-state index < -0.39 is 26.8 Å². The topological polar surface area (TPSA) is 247 Å². The van der Waals surface area contributed by atoms with E-state index in [1.807, 2.05) is 178 Å². The molecule has 4 saturated carbocycles. The van der Waals surface area contributed by atoms with Crippen LogP contribution in [0, 0.1) is 20.8 Å². The average Bonchev–Trinajstić information content (AvgIpc) is 1.61. The summed E-state index contributed by atoms with van der Waals surface area (Å²) >= 11 is 13.6. The molecule has 0 unspecified atom stereocenters. The Kier molecular flexibility index (Phi) is 23.2. The maximum Gasteiger partial charge on any atom is 0.337 e. The Hall–Kier alpha value is -11.9. The number of anilines is 3. The third-order valence-corrected chi connectivity index (χ3v) is 25.8. The van der Waals surface area contributed by atoms with Crippen LogP contribution in [-0.2, 0) is 76.7 Å². The number of hydrogen-bond acceptors (Lipinski definition) is 15. The zero-order chi connectivity index (χ0) is 83.7. The first-order valence-corrected chi connectivity index (χ1v) is 43.5. The number of rotatable bonds is 23. The van der Waals surface area contributed by atoms with Crippen LogP contribution in [0.4, 0.5) is 17.1 Å². The molecule has 5 N–H and O–H groups in total. The molecule has 3 aliphatic heterocycles. The van der Waals surface area contributed by atoms with Crippen molar-refractivity contribution in [3.63, 3.8) is 0 Å². The van der Waals surface area contributed by atoms with Gasteiger partial charge in [0.05, 0.1) is 56.3 Å². The second-order valence-electron chi connectivity index (χ2n) is 31.9. The highest BCUT2D eigenvalue weighted by Crippen LogP contribution is 2.55. The molecule has 22 heteroatoms. The normalized spacial score (nSPS) is 15.6. The van der Waals surface area contributed by atoms with Gasteiger partial charge in [-0.25, -0.2) is 22.9 Å². The summed E-state index contributed by atoms with van der Waals surface area (Å²) in [5, 5.41) is 22.9. The second-order valence-corrected chi connectivity index (χ2v) is 35.6. The molecule has 7 aliphatic rings. The van der Waals surface area contributed by atoms with E-state index in [-0.39, 0.29) is 66.3 Å². The summed E-state index contributed by atoms with van der Waals surface area (Å²) in [4.78, 5) is 68.6. The minimum Gasteiger partial charge on any atom is -0.497 e. The zero-order valence-electron chi connectivity index (χ0n) is 67.0. The lowest BCUT2D eigenvalue weighted by Gasteiger charge is -2.17. The second kappa shape index (κ2) is 34.1. The van der Waals surface area contributed by atoms with Crippen molar-refractivity contribution in [2.45, 2.75) is 120 Å². The number of benzene rings is 11. The zero-order valence-corrected chi connectivity index (χ0v) is 70.1. The molecule has 0 saturated heterocycles. The average molecular weight is 1690 g/mol. The summed E-state index contributed by atoms with van der Waals surface area (Å²) in [5.41, 5.74) is 19.7. The van der Waals surface area contributed by atoms with Crippen LogP contribution in [0.2, 0.25) is 10.0 Å². The Morgan fingerprint density at radius 1 is 0.517 bits per heavy atom. The van der Waals surface area contributed by atoms with Gasteiger partial charge in [-0.1, -0.05) is 157 Å². The minimum atomic E-state index is -3.23. The Morgan fingerprint density at radius 2 is 1.02 bits per heavy atom. The van der Waals surface area contributed by atoms with E-state index >= 15 is 0 Å². The third kappa shape index (κ3) is 18.0. The number of carbonyl (C=O) groups is 5. The maximum absolute atomic E-state index is 13.4. The molecule has 0 atom stereocenters. The lowest BCUT2D eigenvalue weighted by molar-refractivity contribution is -0.121. The number of hydrogen-bond donors (Lipinski definition) is 5. The van der Waals surface area contributed by atoms with Crippen LogP contribution >= 0.6 is 34.5 Å². The van der Waals surface area contributed by atoms with Crippen LogP contribution in [0.25, 0.3) is 44.6 Å². The lowest BCUT2D eigenvalue weighted by Crippen LogP contribution is -2.27. The molecule has 4 aliphatic carbocycles. The number of methoxy groups -OCH3 is 1. The number of nitrogens with one attached hydrogen (secondary N) is 4. The Balaban J connectivity index is 0.000000160. The van der Waals surface area contributed by atoms with Crippen LogP contribution in [0.5, 0.6) is 28.7 Å². The number of carboxylic acid groups (broad SMARTS) is 1. The molecule has 2 amide bonds. The van der Waals surface area contributed by atoms with Gasteiger partial charge in [0.15, 0.2) is 23.0 Å². The first-order chi connectivity index (χ1) is 57.8. The van der Waals surface area contributed by atoms with Crippen molar-refractivity contribution in [2.24, 2.45) is 0 Å². The first kappa shape index (κ1) is 81.8. The van der Waals surface area contributed by atoms with Crippen LogP contribution in [0.1, 0.15) is 129 Å². The number of aromatic carboxylic acids is 1. The molecule has 120 heavy (non-hydrogen) atoms. The number of halogens is 2. The Labute approximate surface area is 719 Å². The van der Waals surface area contributed by atoms with Crippen molar-refractivity contribution < 1.29 is 68.3 Å². The van der Waals surface area contributed by atoms with Gasteiger partial charge in [0.1, 0.15) is 17.3 Å². The van der Waals surface area contributed by atoms with Crippen LogP contribution in [0.15, 0.2) is 236 Å². The fourth-order valence-corrected chi connectivity index (χ4v) is 17.4. The quantitative estimate of drug-likeness (QED) is 0.0400. The number of ether oxygens (including phenoxy) is 5. The van der Waals surface area contributed by atoms with E-state index in [9.17, 15) is 37.5 Å². The number of carbonyl (C=O) groups excluding carboxylic acids is 4. The molecular formula is C98H99Cl2N5O13S2. The standard InChI is InChI=1S/C27H25NO3.C25H22ClNO4.C24H23ClN2O3S.C22H19NO3S.5H2/c1-17-2-3-18(12-22(17)19-4-6-23-20(14-19)8-11-28-23)13-26(29)27(9-10-27)21-5-7-24-25(15-21)31-16-30-24;1-15-3-7-18(14-20(15)16-4-10-22(26)21(13-16)23(28)29)27-24(30)25(11-12-25)17-5-8-19(31-2)9-6-17;1-31(29,30)26-16-17-5-7-18(8-6-17)19-3-2-4-22(15-19)27-23(28)24(13-14-24)20-9-11-21(25)12-10-20;1-14-23-18(12-27-14)16-4-2-15(3-5-16)10-21(24)22(8-9-22)17-6-7-19-20(11-17)26-13-25-19;;;;;/h2-7,12,14-15,28H,8-11,13,16H2,1H3;3-10,13-14H,11-12H2,1-2H3,(H,27,30)(H,28,29);2-12,15,26H,13-14,16H2,1H3,(H,27,28);2-7,11-12H,8-10,13H2,1H3;5*1H. The molecular weight excluding hydrogens is 1590 g/mol. The molecule has 11 aromatic carbocycles. The number of carboxylic acids is 1. The summed E-state index contributed by atoms with van der Waals surface area (Å²) in [7, 11) is -1.61. The van der Waals surface area contributed by atoms with Gasteiger partial charge in [0, 0.05) is 66.1 Å². The van der Waals surface area contributed by atoms with E-state index in [2.05, 4.69) is 86.5 Å². The van der Waals surface area contributed by atoms with Gasteiger partial charge < -0.3 is 44.7 Å². The fourth-order valence-electron chi connectivity index (χ4n) is 16.1. The minimum absolute atomic E-state index is 0. The van der Waals surface area contributed by atoms with Gasteiger partial charge >= 0.3 is 5.97 Å². The van der Waals surface area contributed by atoms with E-state index in [0.29, 0.717) is 29.3 Å². The highest BCUT2D eigenvalue weighted by molar-refractivity contribution is 7.88. The summed E-state index contributed by atoms with van der Waals surface area (Å²) < 4.78 is 52.0. The smallest absolute Gasteiger partial charge is 0.337 e. The Morgan fingerprint density at radius 3 is 1.59 bits per heavy atom. The summed E-state index contributed by atoms with van der Waals surface area (Å²) in [6.07, 6.45) is 9.96. The predicted octanol–water partition coefficient (Wildman–Crippen LogP) is 21.5. The molecule has 0 bridgehead atoms. The molecule has 0 radical (unpaired) electrons. The monoisotopic (exact) mass is 1690 g/mol. The van der Waals surface area contributed by atoms with Crippen molar-refractivity contribution in [3.8, 4) is 73.4 Å². The SMILES string of the molecule is COc1ccc(C2(C(=O)Nc3ccc(C)c(-c4ccc(Cl)c(C(=O)O)c4)c3)CC2)cc1.CS(=O)(=O)NCc1ccc(-c2cccc(NC(=O)C3(c4ccc(Cl)cc4)CC3)c2)cc1.Cc1ccc(CC(=O)C2(c3ccc4c(c3)OCO4)CC2)cc1-c1ccc2c(c1)CCN2.Cc1nc(-c2ccc(CC(=O)C3(c4ccc5c(c4)OCO5)CC3)cc2)cs1.[HH].[HH].[HH].[HH].[HH]. The number of Topliss-reactive ketones (excluding diaryl/α,β-unsaturated/α-hetero) is 2. The highest BCUT2D eigenvalue weighted by atomic mass is 35.5. The van der Waals surface area contributed by atoms with Crippen LogP contribution in [0.3, 0.4) is 0 Å². The summed E-state index contributed by atoms with van der Waals surface area (Å²) in [5.74, 6) is 3.21. The van der Waals surface area contributed by atoms with E-state index in [1.165, 1.54) is 27.9 Å². The Bertz CT molecular complexity index is 6110. The van der Waals surface area contributed by atoms with Gasteiger partial charge in [-0.15, -0.1) is 11.3 Å². The number of sulfonamides is 1. The highest BCUT2D eigenvalue weighted by Gasteiger charge is 2.54. The van der Waals surface area contributed by atoms with E-state index in [1.54, 1.807) is 36.6 Å². The number of aryl methyl sites for hydroxylation is 3. The van der Waals surface area contributed by atoms with Crippen LogP contribution < -0.4 is 44.4 Å². The number of aromatic nitrogens is 1. The number of amides is 2. The van der Waals surface area contributed by atoms with Gasteiger partial charge in [-0.05, 0) is 265 Å². The fraction of sp³-hybridized carbons (Fsp3) is 0.245. The third-order valence-electron chi connectivity index (χ3n) is 23.8. The van der Waals surface area contributed by atoms with Crippen molar-refractivity contribution in [1.29, 1.82) is 0 Å². The van der Waals surface area contributed by atoms with Gasteiger partial charge in [0.25, 0.3) is 0 Å². The predicted molar refractivity (Wildman–Crippen MR) is 482 cm³/mol. The number of ketones is 2. The van der Waals surface area contributed by atoms with Crippen molar-refractivity contribution in [2.75, 3.05) is 49.4 Å². The van der Waals surface area contributed by atoms with E-state index in [4.69, 9.17) is 46.9 Å². The van der Waals surface area contributed by atoms with Crippen molar-refractivity contribution in [3.05, 3.63) is 312 Å². The number of fused-ring (bicyclic) bond motifs is 3. The van der Waals surface area contributed by atoms with Gasteiger partial charge in [0.2, 0.25) is 35.4 Å². The first-order valence-electron chi connectivity index (χ1n) is 40.0. The molecule has 1 aromatic heterocycles. The molecule has 19 rings (SSSR count). The molecule has 18 nitrogen and oxygen atoms in total. The number of nitrogens with zero attached hydrogens (tertiary/aromatic N) is 1. The molecule has 4 fully saturated rings. The van der Waals surface area contributed by atoms with Crippen molar-refractivity contribution >= 4 is 91.0 Å². The molecule has 12 aromatic rings. The largest absolute Gasteiger partial charge is 0.497 e. The maximum atomic E-state index is 13.4. The lowest BCUT2D eigenvalue weighted by atomic mass is 9.86. The van der Waals surface area contributed by atoms with Gasteiger partial charge in [-0.3, -0.25) is 19.2 Å². The van der Waals surface area contributed by atoms with Crippen LogP contribution in [-0.4, -0.2) is 81.4 Å². The molecule has 0 spiro atoms. The van der Waals surface area contributed by atoms with E-state index in [0.717, 1.165) is 188 Å². The molecule has 620 valence electrons. The number of thiazole rings is 1. The summed E-state index contributed by atoms with van der Waals surface area (Å²) in [6, 6.07) is 74.1. The van der Waals surface area contributed by atoms with Crippen molar-refractivity contribution in [1.82, 2.24) is 9.71 Å².